The molecule has 0 aliphatic carbocycles. The molecule has 0 atom stereocenters. The van der Waals surface area contributed by atoms with Crippen LogP contribution < -0.4 is 10.5 Å². The fraction of sp³-hybridized carbons (Fsp3) is 0.533. The minimum absolute atomic E-state index is 0.0166. The van der Waals surface area contributed by atoms with Crippen LogP contribution in [-0.2, 0) is 0 Å². The Bertz CT molecular complexity index is 482. The minimum atomic E-state index is -0.0166. The first kappa shape index (κ1) is 17.6. The number of hydrogen-bond acceptors (Lipinski definition) is 4. The number of ether oxygens (including phenoxy) is 1. The van der Waals surface area contributed by atoms with E-state index in [0.717, 1.165) is 6.54 Å². The van der Waals surface area contributed by atoms with Crippen molar-refractivity contribution in [3.05, 3.63) is 28.8 Å². The molecular weight excluding hydrogens is 290 g/mol. The van der Waals surface area contributed by atoms with Crippen LogP contribution in [0.15, 0.2) is 23.4 Å². The largest absolute Gasteiger partial charge is 0.491 e. The van der Waals surface area contributed by atoms with Crippen LogP contribution in [0.3, 0.4) is 0 Å². The summed E-state index contributed by atoms with van der Waals surface area (Å²) in [4.78, 5) is 2.33. The molecule has 0 radical (unpaired) electrons. The maximum absolute atomic E-state index is 8.82. The molecule has 0 aromatic heterocycles. The zero-order chi connectivity index (χ0) is 16.0. The topological polar surface area (TPSA) is 71.1 Å². The Hall–Kier alpha value is -1.46. The van der Waals surface area contributed by atoms with Gasteiger partial charge in [-0.3, -0.25) is 4.90 Å². The molecule has 0 heterocycles. The normalized spacial score (nSPS) is 12.5. The van der Waals surface area contributed by atoms with E-state index in [-0.39, 0.29) is 5.84 Å². The summed E-state index contributed by atoms with van der Waals surface area (Å²) in [5, 5.41) is 12.3. The summed E-state index contributed by atoms with van der Waals surface area (Å²) in [7, 11) is 0. The number of rotatable bonds is 7. The molecule has 5 nitrogen and oxygen atoms in total. The van der Waals surface area contributed by atoms with Crippen LogP contribution in [0.1, 0.15) is 33.3 Å². The molecular formula is C15H24ClN3O2. The average Bonchev–Trinajstić information content (AvgIpc) is 2.42. The van der Waals surface area contributed by atoms with Gasteiger partial charge < -0.3 is 15.7 Å². The Morgan fingerprint density at radius 1 is 1.33 bits per heavy atom. The van der Waals surface area contributed by atoms with E-state index in [1.807, 2.05) is 0 Å². The third-order valence-electron chi connectivity index (χ3n) is 3.26. The molecule has 3 N–H and O–H groups in total. The Balaban J connectivity index is 2.76. The first-order valence-electron chi connectivity index (χ1n) is 7.02. The second kappa shape index (κ2) is 8.10. The van der Waals surface area contributed by atoms with E-state index < -0.39 is 0 Å². The lowest BCUT2D eigenvalue weighted by molar-refractivity contribution is 0.142. The van der Waals surface area contributed by atoms with Gasteiger partial charge in [0.25, 0.3) is 0 Å². The van der Waals surface area contributed by atoms with E-state index in [0.29, 0.717) is 35.0 Å². The van der Waals surface area contributed by atoms with Crippen molar-refractivity contribution in [3.63, 3.8) is 0 Å². The van der Waals surface area contributed by atoms with Crippen molar-refractivity contribution in [2.75, 3.05) is 13.2 Å². The van der Waals surface area contributed by atoms with Crippen LogP contribution in [0.2, 0.25) is 5.02 Å². The quantitative estimate of drug-likeness (QED) is 0.351. The molecule has 0 aliphatic heterocycles. The van der Waals surface area contributed by atoms with Gasteiger partial charge in [0.15, 0.2) is 5.84 Å². The Morgan fingerprint density at radius 2 is 1.95 bits per heavy atom. The summed E-state index contributed by atoms with van der Waals surface area (Å²) in [6, 6.07) is 5.96. The highest BCUT2D eigenvalue weighted by Crippen LogP contribution is 2.23. The Labute approximate surface area is 131 Å². The van der Waals surface area contributed by atoms with E-state index in [4.69, 9.17) is 27.3 Å². The van der Waals surface area contributed by atoms with Crippen molar-refractivity contribution in [3.8, 4) is 5.75 Å². The zero-order valence-electron chi connectivity index (χ0n) is 13.0. The standard InChI is InChI=1S/C15H24ClN3O2/c1-10(2)19(11(3)4)7-8-21-14-6-5-12(16)9-13(14)15(17)18-20/h5-6,9-11,20H,7-8H2,1-4H3,(H2,17,18). The monoisotopic (exact) mass is 313 g/mol. The number of halogens is 1. The van der Waals surface area contributed by atoms with Crippen molar-refractivity contribution in [2.45, 2.75) is 39.8 Å². The Morgan fingerprint density at radius 3 is 2.48 bits per heavy atom. The van der Waals surface area contributed by atoms with Gasteiger partial charge in [0, 0.05) is 23.7 Å². The van der Waals surface area contributed by atoms with Gasteiger partial charge in [0.1, 0.15) is 12.4 Å². The zero-order valence-corrected chi connectivity index (χ0v) is 13.8. The molecule has 6 heteroatoms. The molecule has 0 saturated heterocycles. The molecule has 0 spiro atoms. The van der Waals surface area contributed by atoms with E-state index >= 15 is 0 Å². The average molecular weight is 314 g/mol. The lowest BCUT2D eigenvalue weighted by Crippen LogP contribution is -2.39. The molecule has 0 unspecified atom stereocenters. The SMILES string of the molecule is CC(C)N(CCOc1ccc(Cl)cc1/C(N)=N/O)C(C)C. The van der Waals surface area contributed by atoms with Crippen LogP contribution >= 0.6 is 11.6 Å². The highest BCUT2D eigenvalue weighted by molar-refractivity contribution is 6.31. The highest BCUT2D eigenvalue weighted by atomic mass is 35.5. The van der Waals surface area contributed by atoms with Gasteiger partial charge in [-0.25, -0.2) is 0 Å². The minimum Gasteiger partial charge on any atom is -0.491 e. The number of nitrogens with two attached hydrogens (primary N) is 1. The molecule has 0 bridgehead atoms. The van der Waals surface area contributed by atoms with Crippen molar-refractivity contribution in [2.24, 2.45) is 10.9 Å². The summed E-state index contributed by atoms with van der Waals surface area (Å²) < 4.78 is 5.77. The number of nitrogens with zero attached hydrogens (tertiary/aromatic N) is 2. The van der Waals surface area contributed by atoms with E-state index in [9.17, 15) is 0 Å². The number of oxime groups is 1. The van der Waals surface area contributed by atoms with E-state index in [1.165, 1.54) is 0 Å². The summed E-state index contributed by atoms with van der Waals surface area (Å²) in [6.45, 7) is 9.94. The van der Waals surface area contributed by atoms with Gasteiger partial charge in [-0.1, -0.05) is 16.8 Å². The molecule has 0 fully saturated rings. The third-order valence-corrected chi connectivity index (χ3v) is 3.49. The molecule has 118 valence electrons. The first-order chi connectivity index (χ1) is 9.86. The molecule has 0 saturated carbocycles. The van der Waals surface area contributed by atoms with Gasteiger partial charge in [-0.2, -0.15) is 0 Å². The predicted molar refractivity (Wildman–Crippen MR) is 86.4 cm³/mol. The van der Waals surface area contributed by atoms with Gasteiger partial charge in [0.2, 0.25) is 0 Å². The van der Waals surface area contributed by atoms with Crippen LogP contribution in [0.4, 0.5) is 0 Å². The number of amidine groups is 1. The molecule has 21 heavy (non-hydrogen) atoms. The number of benzene rings is 1. The van der Waals surface area contributed by atoms with E-state index in [1.54, 1.807) is 18.2 Å². The van der Waals surface area contributed by atoms with Crippen molar-refractivity contribution < 1.29 is 9.94 Å². The van der Waals surface area contributed by atoms with Crippen molar-refractivity contribution in [1.82, 2.24) is 4.90 Å². The fourth-order valence-corrected chi connectivity index (χ4v) is 2.43. The van der Waals surface area contributed by atoms with Crippen LogP contribution in [0.25, 0.3) is 0 Å². The second-order valence-electron chi connectivity index (χ2n) is 5.40. The molecule has 1 rings (SSSR count). The fourth-order valence-electron chi connectivity index (χ4n) is 2.26. The second-order valence-corrected chi connectivity index (χ2v) is 5.84. The van der Waals surface area contributed by atoms with Crippen LogP contribution in [0, 0.1) is 0 Å². The van der Waals surface area contributed by atoms with Gasteiger partial charge >= 0.3 is 0 Å². The summed E-state index contributed by atoms with van der Waals surface area (Å²) in [5.74, 6) is 0.541. The molecule has 0 amide bonds. The first-order valence-corrected chi connectivity index (χ1v) is 7.40. The molecule has 0 aliphatic rings. The Kier molecular flexibility index (Phi) is 6.78. The molecule has 1 aromatic carbocycles. The lowest BCUT2D eigenvalue weighted by atomic mass is 10.2. The van der Waals surface area contributed by atoms with E-state index in [2.05, 4.69) is 37.8 Å². The highest BCUT2D eigenvalue weighted by Gasteiger charge is 2.14. The van der Waals surface area contributed by atoms with Gasteiger partial charge in [-0.15, -0.1) is 0 Å². The maximum Gasteiger partial charge on any atom is 0.173 e. The predicted octanol–water partition coefficient (Wildman–Crippen LogP) is 2.93. The molecule has 1 aromatic rings. The third kappa shape index (κ3) is 5.10. The van der Waals surface area contributed by atoms with Crippen molar-refractivity contribution >= 4 is 17.4 Å². The maximum atomic E-state index is 8.82. The summed E-state index contributed by atoms with van der Waals surface area (Å²) in [5.41, 5.74) is 6.13. The number of hydrogen-bond donors (Lipinski definition) is 2. The van der Waals surface area contributed by atoms with Crippen molar-refractivity contribution in [1.29, 1.82) is 0 Å². The lowest BCUT2D eigenvalue weighted by Gasteiger charge is -2.30. The summed E-state index contributed by atoms with van der Waals surface area (Å²) in [6.07, 6.45) is 0. The van der Waals surface area contributed by atoms with Gasteiger partial charge in [0.05, 0.1) is 5.56 Å². The summed E-state index contributed by atoms with van der Waals surface area (Å²) >= 11 is 5.93. The van der Waals surface area contributed by atoms with Gasteiger partial charge in [-0.05, 0) is 45.9 Å². The smallest absolute Gasteiger partial charge is 0.173 e. The van der Waals surface area contributed by atoms with Crippen LogP contribution in [-0.4, -0.2) is 41.2 Å². The van der Waals surface area contributed by atoms with Crippen LogP contribution in [0.5, 0.6) is 5.75 Å².